The second-order valence-electron chi connectivity index (χ2n) is 4.45. The van der Waals surface area contributed by atoms with Crippen LogP contribution in [0.5, 0.6) is 5.75 Å². The Bertz CT molecular complexity index is 593. The van der Waals surface area contributed by atoms with Gasteiger partial charge in [-0.2, -0.15) is 0 Å². The molecule has 1 atom stereocenters. The largest absolute Gasteiger partial charge is 0.496 e. The second-order valence-corrected chi connectivity index (χ2v) is 4.45. The number of oxime groups is 1. The Hall–Kier alpha value is -2.29. The van der Waals surface area contributed by atoms with E-state index < -0.39 is 0 Å². The van der Waals surface area contributed by atoms with E-state index in [0.717, 1.165) is 29.0 Å². The van der Waals surface area contributed by atoms with Gasteiger partial charge in [-0.3, -0.25) is 0 Å². The Morgan fingerprint density at radius 1 is 1.05 bits per heavy atom. The predicted octanol–water partition coefficient (Wildman–Crippen LogP) is 3.56. The van der Waals surface area contributed by atoms with Crippen molar-refractivity contribution in [2.75, 3.05) is 7.11 Å². The van der Waals surface area contributed by atoms with Gasteiger partial charge in [0.05, 0.1) is 12.8 Å². The van der Waals surface area contributed by atoms with Crippen LogP contribution in [-0.4, -0.2) is 12.8 Å². The molecular weight excluding hydrogens is 238 g/mol. The van der Waals surface area contributed by atoms with Crippen molar-refractivity contribution < 1.29 is 9.57 Å². The summed E-state index contributed by atoms with van der Waals surface area (Å²) in [5.74, 6) is 0.832. The SMILES string of the molecule is COc1ccccc1C1=NO[C@@H](c2ccccc2)C1. The summed E-state index contributed by atoms with van der Waals surface area (Å²) in [6.45, 7) is 0. The van der Waals surface area contributed by atoms with Gasteiger partial charge in [-0.15, -0.1) is 0 Å². The number of ether oxygens (including phenoxy) is 1. The van der Waals surface area contributed by atoms with Crippen LogP contribution in [-0.2, 0) is 4.84 Å². The minimum absolute atomic E-state index is 0.00103. The lowest BCUT2D eigenvalue weighted by atomic mass is 10.00. The molecular formula is C16H15NO2. The third-order valence-electron chi connectivity index (χ3n) is 3.26. The second kappa shape index (κ2) is 5.14. The normalized spacial score (nSPS) is 17.7. The first-order valence-corrected chi connectivity index (χ1v) is 6.29. The summed E-state index contributed by atoms with van der Waals surface area (Å²) in [5, 5.41) is 4.21. The summed E-state index contributed by atoms with van der Waals surface area (Å²) in [5.41, 5.74) is 3.09. The van der Waals surface area contributed by atoms with Gasteiger partial charge in [0, 0.05) is 12.0 Å². The number of nitrogens with zero attached hydrogens (tertiary/aromatic N) is 1. The van der Waals surface area contributed by atoms with Gasteiger partial charge in [-0.25, -0.2) is 0 Å². The van der Waals surface area contributed by atoms with Crippen molar-refractivity contribution in [3.05, 3.63) is 65.7 Å². The first kappa shape index (κ1) is 11.8. The molecule has 0 unspecified atom stereocenters. The minimum atomic E-state index is 0.00103. The fourth-order valence-electron chi connectivity index (χ4n) is 2.27. The highest BCUT2D eigenvalue weighted by molar-refractivity contribution is 6.03. The van der Waals surface area contributed by atoms with Crippen LogP contribution in [0.15, 0.2) is 59.8 Å². The standard InChI is InChI=1S/C16H15NO2/c1-18-15-10-6-5-9-13(15)14-11-16(19-17-14)12-7-3-2-4-8-12/h2-10,16H,11H2,1H3/t16-/m1/s1. The molecule has 3 heteroatoms. The molecule has 0 saturated carbocycles. The molecule has 96 valence electrons. The van der Waals surface area contributed by atoms with E-state index in [1.54, 1.807) is 7.11 Å². The van der Waals surface area contributed by atoms with Gasteiger partial charge in [-0.05, 0) is 17.7 Å². The molecule has 0 radical (unpaired) electrons. The maximum Gasteiger partial charge on any atom is 0.158 e. The zero-order valence-electron chi connectivity index (χ0n) is 10.7. The molecule has 0 N–H and O–H groups in total. The summed E-state index contributed by atoms with van der Waals surface area (Å²) >= 11 is 0. The van der Waals surface area contributed by atoms with Crippen LogP contribution in [0.1, 0.15) is 23.7 Å². The highest BCUT2D eigenvalue weighted by Gasteiger charge is 2.25. The van der Waals surface area contributed by atoms with Crippen LogP contribution < -0.4 is 4.74 Å². The van der Waals surface area contributed by atoms with Gasteiger partial charge in [0.15, 0.2) is 6.10 Å². The van der Waals surface area contributed by atoms with E-state index in [4.69, 9.17) is 9.57 Å². The van der Waals surface area contributed by atoms with Crippen LogP contribution in [0.3, 0.4) is 0 Å². The zero-order chi connectivity index (χ0) is 13.1. The summed E-state index contributed by atoms with van der Waals surface area (Å²) in [6, 6.07) is 18.0. The fourth-order valence-corrected chi connectivity index (χ4v) is 2.27. The molecule has 3 nitrogen and oxygen atoms in total. The van der Waals surface area contributed by atoms with Gasteiger partial charge < -0.3 is 9.57 Å². The molecule has 1 aliphatic rings. The Kier molecular flexibility index (Phi) is 3.19. The Balaban J connectivity index is 1.82. The molecule has 0 fully saturated rings. The maximum absolute atomic E-state index is 5.54. The average molecular weight is 253 g/mol. The number of rotatable bonds is 3. The number of para-hydroxylation sites is 1. The van der Waals surface area contributed by atoms with Crippen molar-refractivity contribution in [2.45, 2.75) is 12.5 Å². The molecule has 19 heavy (non-hydrogen) atoms. The van der Waals surface area contributed by atoms with Crippen molar-refractivity contribution in [3.8, 4) is 5.75 Å². The van der Waals surface area contributed by atoms with E-state index >= 15 is 0 Å². The summed E-state index contributed by atoms with van der Waals surface area (Å²) < 4.78 is 5.36. The van der Waals surface area contributed by atoms with Crippen LogP contribution in [0.25, 0.3) is 0 Å². The third-order valence-corrected chi connectivity index (χ3v) is 3.26. The van der Waals surface area contributed by atoms with Gasteiger partial charge in [0.2, 0.25) is 0 Å². The Labute approximate surface area is 112 Å². The highest BCUT2D eigenvalue weighted by atomic mass is 16.6. The molecule has 0 amide bonds. The van der Waals surface area contributed by atoms with Crippen molar-refractivity contribution in [1.29, 1.82) is 0 Å². The van der Waals surface area contributed by atoms with Crippen molar-refractivity contribution >= 4 is 5.71 Å². The summed E-state index contributed by atoms with van der Waals surface area (Å²) in [6.07, 6.45) is 0.769. The van der Waals surface area contributed by atoms with Crippen LogP contribution >= 0.6 is 0 Å². The highest BCUT2D eigenvalue weighted by Crippen LogP contribution is 2.31. The summed E-state index contributed by atoms with van der Waals surface area (Å²) in [7, 11) is 1.67. The summed E-state index contributed by atoms with van der Waals surface area (Å²) in [4.78, 5) is 5.54. The predicted molar refractivity (Wildman–Crippen MR) is 74.4 cm³/mol. The van der Waals surface area contributed by atoms with Crippen LogP contribution in [0.2, 0.25) is 0 Å². The Morgan fingerprint density at radius 3 is 2.58 bits per heavy atom. The van der Waals surface area contributed by atoms with Gasteiger partial charge in [0.25, 0.3) is 0 Å². The molecule has 0 aromatic heterocycles. The molecule has 2 aromatic rings. The van der Waals surface area contributed by atoms with Crippen molar-refractivity contribution in [3.63, 3.8) is 0 Å². The monoisotopic (exact) mass is 253 g/mol. The Morgan fingerprint density at radius 2 is 1.79 bits per heavy atom. The molecule has 3 rings (SSSR count). The molecule has 0 bridgehead atoms. The van der Waals surface area contributed by atoms with E-state index in [9.17, 15) is 0 Å². The molecule has 2 aromatic carbocycles. The van der Waals surface area contributed by atoms with Gasteiger partial charge in [0.1, 0.15) is 5.75 Å². The lowest BCUT2D eigenvalue weighted by molar-refractivity contribution is 0.0857. The molecule has 1 heterocycles. The lowest BCUT2D eigenvalue weighted by Crippen LogP contribution is -2.03. The molecule has 1 aliphatic heterocycles. The molecule has 0 aliphatic carbocycles. The van der Waals surface area contributed by atoms with E-state index in [-0.39, 0.29) is 6.10 Å². The van der Waals surface area contributed by atoms with Gasteiger partial charge >= 0.3 is 0 Å². The minimum Gasteiger partial charge on any atom is -0.496 e. The number of hydrogen-bond acceptors (Lipinski definition) is 3. The van der Waals surface area contributed by atoms with E-state index in [0.29, 0.717) is 0 Å². The van der Waals surface area contributed by atoms with Gasteiger partial charge in [-0.1, -0.05) is 47.6 Å². The number of hydrogen-bond donors (Lipinski definition) is 0. The third kappa shape index (κ3) is 2.32. The molecule has 0 saturated heterocycles. The number of methoxy groups -OCH3 is 1. The first-order valence-electron chi connectivity index (χ1n) is 6.29. The van der Waals surface area contributed by atoms with Crippen molar-refractivity contribution in [2.24, 2.45) is 5.16 Å². The fraction of sp³-hybridized carbons (Fsp3) is 0.188. The zero-order valence-corrected chi connectivity index (χ0v) is 10.7. The molecule has 0 spiro atoms. The first-order chi connectivity index (χ1) is 9.38. The van der Waals surface area contributed by atoms with Crippen LogP contribution in [0.4, 0.5) is 0 Å². The van der Waals surface area contributed by atoms with E-state index in [2.05, 4.69) is 17.3 Å². The van der Waals surface area contributed by atoms with Crippen molar-refractivity contribution in [1.82, 2.24) is 0 Å². The topological polar surface area (TPSA) is 30.8 Å². The smallest absolute Gasteiger partial charge is 0.158 e. The van der Waals surface area contributed by atoms with E-state index in [1.807, 2.05) is 42.5 Å². The lowest BCUT2D eigenvalue weighted by Gasteiger charge is -2.08. The van der Waals surface area contributed by atoms with E-state index in [1.165, 1.54) is 0 Å². The van der Waals surface area contributed by atoms with Crippen LogP contribution in [0, 0.1) is 0 Å². The quantitative estimate of drug-likeness (QED) is 0.837. The average Bonchev–Trinajstić information content (AvgIpc) is 2.98. The number of benzene rings is 2. The maximum atomic E-state index is 5.54.